The van der Waals surface area contributed by atoms with Gasteiger partial charge in [0.05, 0.1) is 16.5 Å². The number of carbonyl (C=O) groups excluding carboxylic acids is 1. The highest BCUT2D eigenvalue weighted by atomic mass is 32.2. The van der Waals surface area contributed by atoms with Gasteiger partial charge in [-0.25, -0.2) is 4.79 Å². The van der Waals surface area contributed by atoms with E-state index >= 15 is 0 Å². The van der Waals surface area contributed by atoms with E-state index in [9.17, 15) is 4.79 Å². The number of hydrogen-bond donors (Lipinski definition) is 0. The first-order valence-electron chi connectivity index (χ1n) is 10.4. The summed E-state index contributed by atoms with van der Waals surface area (Å²) in [6.45, 7) is 2.12. The van der Waals surface area contributed by atoms with Crippen molar-refractivity contribution < 1.29 is 9.53 Å². The van der Waals surface area contributed by atoms with E-state index in [1.54, 1.807) is 0 Å². The average Bonchev–Trinajstić information content (AvgIpc) is 3.25. The monoisotopic (exact) mass is 403 g/mol. The summed E-state index contributed by atoms with van der Waals surface area (Å²) < 4.78 is 5.97. The molecule has 3 aromatic rings. The van der Waals surface area contributed by atoms with Crippen LogP contribution in [0.1, 0.15) is 49.4 Å². The van der Waals surface area contributed by atoms with Crippen LogP contribution in [-0.2, 0) is 15.6 Å². The van der Waals surface area contributed by atoms with Gasteiger partial charge in [-0.2, -0.15) is 0 Å². The lowest BCUT2D eigenvalue weighted by atomic mass is 9.98. The highest BCUT2D eigenvalue weighted by Crippen LogP contribution is 2.37. The van der Waals surface area contributed by atoms with Gasteiger partial charge in [-0.3, -0.25) is 0 Å². The van der Waals surface area contributed by atoms with Gasteiger partial charge < -0.3 is 4.74 Å². The predicted octanol–water partition coefficient (Wildman–Crippen LogP) is 6.66. The van der Waals surface area contributed by atoms with Crippen molar-refractivity contribution in [1.29, 1.82) is 0 Å². The molecule has 0 heterocycles. The van der Waals surface area contributed by atoms with Crippen molar-refractivity contribution in [2.45, 2.75) is 59.3 Å². The molecule has 1 aliphatic rings. The molecule has 0 radical (unpaired) electrons. The Balaban J connectivity index is 1.60. The first-order chi connectivity index (χ1) is 14.2. The van der Waals surface area contributed by atoms with Crippen molar-refractivity contribution in [1.82, 2.24) is 0 Å². The number of carbonyl (C=O) groups is 1. The summed E-state index contributed by atoms with van der Waals surface area (Å²) in [5, 5.41) is 0. The third kappa shape index (κ3) is 4.40. The lowest BCUT2D eigenvalue weighted by molar-refractivity contribution is -0.0172. The molecule has 0 aromatic heterocycles. The lowest BCUT2D eigenvalue weighted by Crippen LogP contribution is -2.31. The summed E-state index contributed by atoms with van der Waals surface area (Å²) in [6.07, 6.45) is 5.16. The molecule has 2 nitrogen and oxygen atoms in total. The van der Waals surface area contributed by atoms with Crippen LogP contribution >= 0.6 is 0 Å². The standard InChI is InChI=1S/C26H27O2S/c1-2-26(19-9-10-20-26)28-25(27)21-15-17-24(18-16-21)29(22-11-5-3-6-12-22)23-13-7-4-8-14-23/h3-8,11-18H,2,9-10,19-20H2,1H3/q+1. The average molecular weight is 404 g/mol. The van der Waals surface area contributed by atoms with E-state index in [-0.39, 0.29) is 22.5 Å². The maximum absolute atomic E-state index is 12.8. The minimum Gasteiger partial charge on any atom is -0.455 e. The van der Waals surface area contributed by atoms with Crippen molar-refractivity contribution >= 4 is 16.9 Å². The summed E-state index contributed by atoms with van der Waals surface area (Å²) in [6, 6.07) is 29.1. The molecule has 0 unspecified atom stereocenters. The first-order valence-corrected chi connectivity index (χ1v) is 11.6. The minimum atomic E-state index is -0.256. The summed E-state index contributed by atoms with van der Waals surface area (Å²) in [4.78, 5) is 16.5. The van der Waals surface area contributed by atoms with Crippen molar-refractivity contribution in [2.75, 3.05) is 0 Å². The smallest absolute Gasteiger partial charge is 0.338 e. The van der Waals surface area contributed by atoms with Gasteiger partial charge in [-0.05, 0) is 80.6 Å². The Bertz CT molecular complexity index is 890. The van der Waals surface area contributed by atoms with Crippen LogP contribution in [0.3, 0.4) is 0 Å². The Kier molecular flexibility index (Phi) is 6.05. The first kappa shape index (κ1) is 19.8. The largest absolute Gasteiger partial charge is 0.455 e. The van der Waals surface area contributed by atoms with E-state index in [1.165, 1.54) is 14.7 Å². The fourth-order valence-corrected chi connectivity index (χ4v) is 6.13. The van der Waals surface area contributed by atoms with Gasteiger partial charge in [0, 0.05) is 0 Å². The Hall–Kier alpha value is -2.52. The molecule has 1 saturated carbocycles. The second-order valence-corrected chi connectivity index (χ2v) is 9.62. The van der Waals surface area contributed by atoms with Gasteiger partial charge >= 0.3 is 5.97 Å². The minimum absolute atomic E-state index is 0.195. The van der Waals surface area contributed by atoms with Crippen LogP contribution in [0.5, 0.6) is 0 Å². The van der Waals surface area contributed by atoms with Crippen LogP contribution in [0, 0.1) is 0 Å². The molecular formula is C26H27O2S+. The zero-order valence-electron chi connectivity index (χ0n) is 16.8. The molecule has 4 rings (SSSR count). The maximum Gasteiger partial charge on any atom is 0.338 e. The molecule has 0 aliphatic heterocycles. The molecule has 1 fully saturated rings. The SMILES string of the molecule is CCC1(OC(=O)c2ccc([S+](c3ccccc3)c3ccccc3)cc2)CCCC1. The summed E-state index contributed by atoms with van der Waals surface area (Å²) >= 11 is 0. The van der Waals surface area contributed by atoms with E-state index in [0.717, 1.165) is 32.1 Å². The Morgan fingerprint density at radius 1 is 0.793 bits per heavy atom. The molecule has 29 heavy (non-hydrogen) atoms. The van der Waals surface area contributed by atoms with Gasteiger partial charge in [-0.15, -0.1) is 0 Å². The van der Waals surface area contributed by atoms with E-state index in [4.69, 9.17) is 4.74 Å². The molecule has 0 amide bonds. The topological polar surface area (TPSA) is 26.3 Å². The van der Waals surface area contributed by atoms with Crippen molar-refractivity contribution in [3.05, 3.63) is 90.5 Å². The second-order valence-electron chi connectivity index (χ2n) is 7.59. The number of rotatable bonds is 6. The van der Waals surface area contributed by atoms with E-state index in [2.05, 4.69) is 67.6 Å². The zero-order chi connectivity index (χ0) is 20.1. The fourth-order valence-electron chi connectivity index (χ4n) is 4.05. The molecule has 148 valence electrons. The number of hydrogen-bond acceptors (Lipinski definition) is 2. The fraction of sp³-hybridized carbons (Fsp3) is 0.269. The molecule has 1 aliphatic carbocycles. The number of esters is 1. The second kappa shape index (κ2) is 8.87. The normalized spacial score (nSPS) is 15.4. The molecule has 3 heteroatoms. The molecule has 0 N–H and O–H groups in total. The molecule has 3 aromatic carbocycles. The maximum atomic E-state index is 12.8. The van der Waals surface area contributed by atoms with Crippen molar-refractivity contribution in [3.63, 3.8) is 0 Å². The van der Waals surface area contributed by atoms with Crippen LogP contribution in [0.2, 0.25) is 0 Å². The summed E-state index contributed by atoms with van der Waals surface area (Å²) in [5.41, 5.74) is 0.381. The molecule has 0 spiro atoms. The van der Waals surface area contributed by atoms with Gasteiger partial charge in [0.2, 0.25) is 0 Å². The van der Waals surface area contributed by atoms with Crippen LogP contribution in [-0.4, -0.2) is 11.6 Å². The van der Waals surface area contributed by atoms with Gasteiger partial charge in [-0.1, -0.05) is 43.3 Å². The Labute approximate surface area is 176 Å². The molecule has 0 atom stereocenters. The quantitative estimate of drug-likeness (QED) is 0.340. The summed E-state index contributed by atoms with van der Waals surface area (Å²) in [5.74, 6) is -0.195. The van der Waals surface area contributed by atoms with Gasteiger partial charge in [0.25, 0.3) is 0 Å². The Morgan fingerprint density at radius 2 is 1.28 bits per heavy atom. The highest BCUT2D eigenvalue weighted by Gasteiger charge is 2.36. The Morgan fingerprint density at radius 3 is 1.76 bits per heavy atom. The molecule has 0 saturated heterocycles. The van der Waals surface area contributed by atoms with Gasteiger partial charge in [0.15, 0.2) is 14.7 Å². The lowest BCUT2D eigenvalue weighted by Gasteiger charge is -2.27. The van der Waals surface area contributed by atoms with Crippen LogP contribution in [0.4, 0.5) is 0 Å². The third-order valence-corrected chi connectivity index (χ3v) is 7.98. The van der Waals surface area contributed by atoms with E-state index < -0.39 is 0 Å². The van der Waals surface area contributed by atoms with Crippen molar-refractivity contribution in [3.8, 4) is 0 Å². The number of benzene rings is 3. The zero-order valence-corrected chi connectivity index (χ0v) is 17.7. The summed E-state index contributed by atoms with van der Waals surface area (Å²) in [7, 11) is -0.202. The van der Waals surface area contributed by atoms with Crippen molar-refractivity contribution in [2.24, 2.45) is 0 Å². The van der Waals surface area contributed by atoms with Crippen LogP contribution in [0.25, 0.3) is 0 Å². The highest BCUT2D eigenvalue weighted by molar-refractivity contribution is 7.97. The van der Waals surface area contributed by atoms with Crippen LogP contribution in [0.15, 0.2) is 99.6 Å². The van der Waals surface area contributed by atoms with Crippen LogP contribution < -0.4 is 0 Å². The van der Waals surface area contributed by atoms with Gasteiger partial charge in [0.1, 0.15) is 5.60 Å². The molecular weight excluding hydrogens is 376 g/mol. The molecule has 0 bridgehead atoms. The van der Waals surface area contributed by atoms with E-state index in [1.807, 2.05) is 24.3 Å². The number of ether oxygens (including phenoxy) is 1. The van der Waals surface area contributed by atoms with E-state index in [0.29, 0.717) is 5.56 Å². The predicted molar refractivity (Wildman–Crippen MR) is 118 cm³/mol. The third-order valence-electron chi connectivity index (χ3n) is 5.75.